The van der Waals surface area contributed by atoms with Gasteiger partial charge >= 0.3 is 0 Å². The van der Waals surface area contributed by atoms with E-state index < -0.39 is 0 Å². The number of aliphatic hydroxyl groups excluding tert-OH is 1. The number of rotatable bonds is 1. The van der Waals surface area contributed by atoms with Crippen LogP contribution in [0, 0.1) is 0 Å². The summed E-state index contributed by atoms with van der Waals surface area (Å²) in [7, 11) is 5.44. The van der Waals surface area contributed by atoms with Gasteiger partial charge in [-0.25, -0.2) is 4.98 Å². The average molecular weight is 159 g/mol. The number of aromatic amines is 1. The third kappa shape index (κ3) is 0.985. The molecule has 0 aliphatic rings. The van der Waals surface area contributed by atoms with Crippen molar-refractivity contribution >= 4 is 24.6 Å². The van der Waals surface area contributed by atoms with E-state index in [1.165, 1.54) is 6.20 Å². The molecule has 5 heteroatoms. The number of hydrogen-bond acceptors (Lipinski definition) is 3. The van der Waals surface area contributed by atoms with E-state index in [2.05, 4.69) is 15.0 Å². The van der Waals surface area contributed by atoms with Gasteiger partial charge in [0.15, 0.2) is 5.65 Å². The van der Waals surface area contributed by atoms with Crippen LogP contribution >= 0.6 is 0 Å². The first-order chi connectivity index (χ1) is 5.81. The first kappa shape index (κ1) is 7.30. The van der Waals surface area contributed by atoms with Crippen molar-refractivity contribution in [1.29, 1.82) is 0 Å². The molecule has 0 atom stereocenters. The Morgan fingerprint density at radius 2 is 2.42 bits per heavy atom. The van der Waals surface area contributed by atoms with Gasteiger partial charge in [0.25, 0.3) is 0 Å². The van der Waals surface area contributed by atoms with Crippen molar-refractivity contribution in [2.75, 3.05) is 0 Å². The highest BCUT2D eigenvalue weighted by atomic mass is 16.3. The van der Waals surface area contributed by atoms with E-state index in [1.54, 1.807) is 6.20 Å². The molecule has 0 fully saturated rings. The lowest BCUT2D eigenvalue weighted by Gasteiger charge is -1.93. The first-order valence-electron chi connectivity index (χ1n) is 3.50. The van der Waals surface area contributed by atoms with Gasteiger partial charge in [-0.1, -0.05) is 0 Å². The van der Waals surface area contributed by atoms with E-state index in [4.69, 9.17) is 13.0 Å². The van der Waals surface area contributed by atoms with Crippen molar-refractivity contribution in [2.45, 2.75) is 6.61 Å². The van der Waals surface area contributed by atoms with Gasteiger partial charge in [0.2, 0.25) is 0 Å². The van der Waals surface area contributed by atoms with E-state index in [1.807, 2.05) is 0 Å². The van der Waals surface area contributed by atoms with Gasteiger partial charge < -0.3 is 10.1 Å². The number of nitrogens with one attached hydrogen (secondary N) is 1. The van der Waals surface area contributed by atoms with Gasteiger partial charge in [-0.05, 0) is 0 Å². The molecule has 12 heavy (non-hydrogen) atoms. The molecule has 0 aliphatic carbocycles. The predicted molar refractivity (Wildman–Crippen MR) is 45.2 cm³/mol. The minimum atomic E-state index is -0.0574. The van der Waals surface area contributed by atoms with Crippen LogP contribution < -0.4 is 5.59 Å². The van der Waals surface area contributed by atoms with Gasteiger partial charge in [0.1, 0.15) is 13.4 Å². The highest BCUT2D eigenvalue weighted by Gasteiger charge is 2.03. The Balaban J connectivity index is 2.75. The molecule has 2 aromatic heterocycles. The zero-order valence-corrected chi connectivity index (χ0v) is 6.28. The van der Waals surface area contributed by atoms with Crippen LogP contribution in [0.25, 0.3) is 11.2 Å². The fraction of sp³-hybridized carbons (Fsp3) is 0.143. The van der Waals surface area contributed by atoms with Crippen molar-refractivity contribution in [2.24, 2.45) is 0 Å². The quantitative estimate of drug-likeness (QED) is 0.537. The maximum absolute atomic E-state index is 8.89. The van der Waals surface area contributed by atoms with E-state index in [9.17, 15) is 0 Å². The molecule has 0 aliphatic heterocycles. The number of nitrogens with zero attached hydrogens (tertiary/aromatic N) is 2. The molecule has 0 aromatic carbocycles. The topological polar surface area (TPSA) is 61.8 Å². The molecule has 4 nitrogen and oxygen atoms in total. The molecule has 0 spiro atoms. The fourth-order valence-corrected chi connectivity index (χ4v) is 1.08. The largest absolute Gasteiger partial charge is 0.392 e. The molecule has 0 saturated carbocycles. The Hall–Kier alpha value is -1.36. The fourth-order valence-electron chi connectivity index (χ4n) is 1.08. The van der Waals surface area contributed by atoms with E-state index in [0.29, 0.717) is 22.3 Å². The van der Waals surface area contributed by atoms with Gasteiger partial charge in [0.05, 0.1) is 6.61 Å². The van der Waals surface area contributed by atoms with Crippen molar-refractivity contribution in [3.63, 3.8) is 0 Å². The van der Waals surface area contributed by atoms with E-state index in [-0.39, 0.29) is 6.61 Å². The number of H-pyrrole nitrogens is 1. The normalized spacial score (nSPS) is 10.8. The third-order valence-corrected chi connectivity index (χ3v) is 1.65. The molecular formula is C7H6BN3O. The Morgan fingerprint density at radius 1 is 1.58 bits per heavy atom. The second kappa shape index (κ2) is 2.60. The molecule has 0 unspecified atom stereocenters. The van der Waals surface area contributed by atoms with Crippen LogP contribution in [0.3, 0.4) is 0 Å². The van der Waals surface area contributed by atoms with Gasteiger partial charge in [-0.15, -0.1) is 0 Å². The molecule has 2 radical (unpaired) electrons. The first-order valence-corrected chi connectivity index (χ1v) is 3.50. The summed E-state index contributed by atoms with van der Waals surface area (Å²) >= 11 is 0. The standard InChI is InChI=1S/C7H6BN3O/c8-5-2-10-7-6(11-5)4(3-12)1-9-7/h1-2,12H,3H2,(H,9,10). The maximum atomic E-state index is 8.89. The van der Waals surface area contributed by atoms with Crippen LogP contribution in [0.4, 0.5) is 0 Å². The molecule has 0 saturated heterocycles. The molecular weight excluding hydrogens is 153 g/mol. The second-order valence-corrected chi connectivity index (χ2v) is 2.46. The maximum Gasteiger partial charge on any atom is 0.156 e. The summed E-state index contributed by atoms with van der Waals surface area (Å²) in [6, 6.07) is 0. The Morgan fingerprint density at radius 3 is 3.17 bits per heavy atom. The summed E-state index contributed by atoms with van der Waals surface area (Å²) in [6.07, 6.45) is 3.14. The Kier molecular flexibility index (Phi) is 1.58. The molecule has 2 aromatic rings. The zero-order chi connectivity index (χ0) is 8.55. The zero-order valence-electron chi connectivity index (χ0n) is 6.28. The number of aliphatic hydroxyl groups is 1. The minimum Gasteiger partial charge on any atom is -0.392 e. The van der Waals surface area contributed by atoms with Crippen LogP contribution in [-0.2, 0) is 6.61 Å². The molecule has 0 amide bonds. The summed E-state index contributed by atoms with van der Waals surface area (Å²) in [5.41, 5.74) is 2.35. The Labute approximate surface area is 70.1 Å². The molecule has 0 bridgehead atoms. The van der Waals surface area contributed by atoms with E-state index in [0.717, 1.165) is 0 Å². The van der Waals surface area contributed by atoms with Crippen molar-refractivity contribution in [3.8, 4) is 0 Å². The molecule has 58 valence electrons. The van der Waals surface area contributed by atoms with Crippen LogP contribution in [0.1, 0.15) is 5.56 Å². The third-order valence-electron chi connectivity index (χ3n) is 1.65. The number of fused-ring (bicyclic) bond motifs is 1. The lowest BCUT2D eigenvalue weighted by Crippen LogP contribution is -2.08. The molecule has 2 heterocycles. The Bertz CT molecular complexity index is 412. The monoisotopic (exact) mass is 159 g/mol. The van der Waals surface area contributed by atoms with Gasteiger partial charge in [-0.2, -0.15) is 0 Å². The van der Waals surface area contributed by atoms with Crippen LogP contribution in [0.5, 0.6) is 0 Å². The smallest absolute Gasteiger partial charge is 0.156 e. The molecule has 2 N–H and O–H groups in total. The van der Waals surface area contributed by atoms with E-state index >= 15 is 0 Å². The average Bonchev–Trinajstić information content (AvgIpc) is 2.46. The summed E-state index contributed by atoms with van der Waals surface area (Å²) in [4.78, 5) is 10.9. The van der Waals surface area contributed by atoms with Crippen LogP contribution in [0.15, 0.2) is 12.4 Å². The molecule has 2 rings (SSSR count). The SMILES string of the molecule is [B]c1cnc2[nH]cc(CO)c2n1. The number of aromatic nitrogens is 3. The second-order valence-electron chi connectivity index (χ2n) is 2.46. The minimum absolute atomic E-state index is 0.0574. The summed E-state index contributed by atoms with van der Waals surface area (Å²) < 4.78 is 0. The summed E-state index contributed by atoms with van der Waals surface area (Å²) in [5.74, 6) is 0. The highest BCUT2D eigenvalue weighted by Crippen LogP contribution is 2.10. The summed E-state index contributed by atoms with van der Waals surface area (Å²) in [5, 5.41) is 8.89. The highest BCUT2D eigenvalue weighted by molar-refractivity contribution is 6.30. The van der Waals surface area contributed by atoms with Crippen molar-refractivity contribution in [3.05, 3.63) is 18.0 Å². The van der Waals surface area contributed by atoms with Crippen LogP contribution in [-0.4, -0.2) is 27.9 Å². The van der Waals surface area contributed by atoms with Gasteiger partial charge in [-0.3, -0.25) is 4.98 Å². The predicted octanol–water partition coefficient (Wildman–Crippen LogP) is -0.756. The number of hydrogen-bond donors (Lipinski definition) is 2. The summed E-state index contributed by atoms with van der Waals surface area (Å²) in [6.45, 7) is -0.0574. The van der Waals surface area contributed by atoms with Gasteiger partial charge in [0, 0.05) is 23.6 Å². The van der Waals surface area contributed by atoms with Crippen LogP contribution in [0.2, 0.25) is 0 Å². The lowest BCUT2D eigenvalue weighted by atomic mass is 10.1. The van der Waals surface area contributed by atoms with Crippen molar-refractivity contribution in [1.82, 2.24) is 15.0 Å². The lowest BCUT2D eigenvalue weighted by molar-refractivity contribution is 0.283. The van der Waals surface area contributed by atoms with Crippen molar-refractivity contribution < 1.29 is 5.11 Å².